The van der Waals surface area contributed by atoms with Gasteiger partial charge in [-0.1, -0.05) is 23.2 Å². The Morgan fingerprint density at radius 2 is 1.88 bits per heavy atom. The maximum absolute atomic E-state index is 12.8. The molecule has 33 heavy (non-hydrogen) atoms. The Bertz CT molecular complexity index is 1340. The molecule has 0 spiro atoms. The number of fused-ring (bicyclic) bond motifs is 1. The fraction of sp³-hybridized carbons (Fsp3) is 0.100. The summed E-state index contributed by atoms with van der Waals surface area (Å²) in [5.41, 5.74) is -0.0907. The van der Waals surface area contributed by atoms with Crippen LogP contribution in [0.1, 0.15) is 17.9 Å². The second-order valence-electron chi connectivity index (χ2n) is 7.02. The van der Waals surface area contributed by atoms with E-state index in [0.717, 1.165) is 0 Å². The van der Waals surface area contributed by atoms with Crippen molar-refractivity contribution in [3.8, 4) is 0 Å². The first-order chi connectivity index (χ1) is 15.7. The molecule has 13 heteroatoms. The number of hydrogen-bond donors (Lipinski definition) is 4. The molecule has 2 aromatic carbocycles. The van der Waals surface area contributed by atoms with E-state index in [9.17, 15) is 24.5 Å². The van der Waals surface area contributed by atoms with Gasteiger partial charge in [-0.25, -0.2) is 0 Å². The Kier molecular flexibility index (Phi) is 5.99. The standard InChI is InChI=1S/C20H14Cl2N6O5/c21-9-1-6-14(13(22)7-9)24-20-26-17-16(19(31)27-20)12(8-15(29)25-17)18(30)23-10-2-4-11(5-3-10)28(32)33/h1-7,12H,8H2,(H,23,30)(H3,24,25,26,27,29,31)/t12-/m1/s1. The molecule has 0 aliphatic carbocycles. The number of hydrogen-bond acceptors (Lipinski definition) is 7. The van der Waals surface area contributed by atoms with Gasteiger partial charge in [0.15, 0.2) is 0 Å². The molecule has 168 valence electrons. The number of amides is 2. The maximum atomic E-state index is 12.8. The van der Waals surface area contributed by atoms with Crippen molar-refractivity contribution in [1.29, 1.82) is 0 Å². The van der Waals surface area contributed by atoms with Gasteiger partial charge >= 0.3 is 0 Å². The highest BCUT2D eigenvalue weighted by molar-refractivity contribution is 6.36. The average molecular weight is 489 g/mol. The third-order valence-corrected chi connectivity index (χ3v) is 5.35. The summed E-state index contributed by atoms with van der Waals surface area (Å²) >= 11 is 12.0. The van der Waals surface area contributed by atoms with E-state index in [4.69, 9.17) is 23.2 Å². The van der Waals surface area contributed by atoms with Gasteiger partial charge in [-0.05, 0) is 30.3 Å². The van der Waals surface area contributed by atoms with Crippen molar-refractivity contribution in [3.63, 3.8) is 0 Å². The Balaban J connectivity index is 1.61. The molecule has 3 aromatic rings. The van der Waals surface area contributed by atoms with Crippen LogP contribution >= 0.6 is 23.2 Å². The SMILES string of the molecule is O=C1C[C@@H](C(=O)Nc2ccc([N+](=O)[O-])cc2)c2c(nc(Nc3ccc(Cl)cc3Cl)[nH]c2=O)N1. The zero-order valence-corrected chi connectivity index (χ0v) is 18.0. The molecule has 1 atom stereocenters. The second-order valence-corrected chi connectivity index (χ2v) is 7.87. The molecule has 1 aliphatic rings. The van der Waals surface area contributed by atoms with E-state index in [-0.39, 0.29) is 40.1 Å². The van der Waals surface area contributed by atoms with Crippen LogP contribution in [-0.2, 0) is 9.59 Å². The molecular weight excluding hydrogens is 475 g/mol. The summed E-state index contributed by atoms with van der Waals surface area (Å²) in [5.74, 6) is -2.31. The van der Waals surface area contributed by atoms with Gasteiger partial charge in [0, 0.05) is 29.3 Å². The number of non-ortho nitro benzene ring substituents is 1. The Morgan fingerprint density at radius 1 is 1.15 bits per heavy atom. The molecule has 0 unspecified atom stereocenters. The van der Waals surface area contributed by atoms with Gasteiger partial charge in [-0.2, -0.15) is 4.98 Å². The molecule has 4 rings (SSSR count). The zero-order valence-electron chi connectivity index (χ0n) is 16.5. The molecule has 4 N–H and O–H groups in total. The first kappa shape index (κ1) is 22.2. The van der Waals surface area contributed by atoms with E-state index < -0.39 is 28.2 Å². The van der Waals surface area contributed by atoms with Crippen LogP contribution in [0.3, 0.4) is 0 Å². The minimum Gasteiger partial charge on any atom is -0.326 e. The van der Waals surface area contributed by atoms with Crippen LogP contribution in [0, 0.1) is 10.1 Å². The van der Waals surface area contributed by atoms with Gasteiger partial charge in [0.1, 0.15) is 5.82 Å². The predicted octanol–water partition coefficient (Wildman–Crippen LogP) is 3.79. The number of nitro groups is 1. The lowest BCUT2D eigenvalue weighted by molar-refractivity contribution is -0.384. The molecule has 0 saturated carbocycles. The van der Waals surface area contributed by atoms with Crippen molar-refractivity contribution in [2.45, 2.75) is 12.3 Å². The molecule has 2 amide bonds. The number of carbonyl (C=O) groups is 2. The van der Waals surface area contributed by atoms with E-state index >= 15 is 0 Å². The number of carbonyl (C=O) groups excluding carboxylic acids is 2. The normalized spacial score (nSPS) is 14.7. The van der Waals surface area contributed by atoms with Crippen molar-refractivity contribution in [1.82, 2.24) is 9.97 Å². The molecular formula is C20H14Cl2N6O5. The van der Waals surface area contributed by atoms with Gasteiger partial charge in [0.25, 0.3) is 11.2 Å². The minimum atomic E-state index is -1.12. The molecule has 1 aliphatic heterocycles. The Morgan fingerprint density at radius 3 is 2.55 bits per heavy atom. The number of halogens is 2. The summed E-state index contributed by atoms with van der Waals surface area (Å²) in [6.45, 7) is 0. The first-order valence-electron chi connectivity index (χ1n) is 9.42. The monoisotopic (exact) mass is 488 g/mol. The van der Waals surface area contributed by atoms with Crippen LogP contribution in [0.15, 0.2) is 47.3 Å². The van der Waals surface area contributed by atoms with Crippen molar-refractivity contribution < 1.29 is 14.5 Å². The lowest BCUT2D eigenvalue weighted by Crippen LogP contribution is -2.36. The molecule has 0 radical (unpaired) electrons. The molecule has 1 aromatic heterocycles. The number of nitro benzene ring substituents is 1. The molecule has 0 saturated heterocycles. The summed E-state index contributed by atoms with van der Waals surface area (Å²) in [6.07, 6.45) is -0.271. The number of benzene rings is 2. The fourth-order valence-electron chi connectivity index (χ4n) is 3.27. The highest BCUT2D eigenvalue weighted by atomic mass is 35.5. The number of aromatic amines is 1. The summed E-state index contributed by atoms with van der Waals surface area (Å²) in [7, 11) is 0. The van der Waals surface area contributed by atoms with Crippen LogP contribution in [0.4, 0.5) is 28.8 Å². The second kappa shape index (κ2) is 8.88. The molecule has 0 bridgehead atoms. The largest absolute Gasteiger partial charge is 0.326 e. The highest BCUT2D eigenvalue weighted by Gasteiger charge is 2.35. The Hall–Kier alpha value is -3.96. The topological polar surface area (TPSA) is 159 Å². The third-order valence-electron chi connectivity index (χ3n) is 4.80. The van der Waals surface area contributed by atoms with Crippen LogP contribution < -0.4 is 21.5 Å². The van der Waals surface area contributed by atoms with Crippen molar-refractivity contribution in [2.75, 3.05) is 16.0 Å². The number of anilines is 4. The summed E-state index contributed by atoms with van der Waals surface area (Å²) in [5, 5.41) is 19.4. The van der Waals surface area contributed by atoms with E-state index in [1.165, 1.54) is 30.3 Å². The number of aromatic nitrogens is 2. The van der Waals surface area contributed by atoms with E-state index in [0.29, 0.717) is 10.7 Å². The van der Waals surface area contributed by atoms with Gasteiger partial charge in [0.2, 0.25) is 17.8 Å². The van der Waals surface area contributed by atoms with Crippen molar-refractivity contribution >= 4 is 63.8 Å². The van der Waals surface area contributed by atoms with Gasteiger partial charge in [0.05, 0.1) is 27.1 Å². The van der Waals surface area contributed by atoms with E-state index in [1.54, 1.807) is 12.1 Å². The van der Waals surface area contributed by atoms with Crippen molar-refractivity contribution in [3.05, 3.63) is 78.5 Å². The summed E-state index contributed by atoms with van der Waals surface area (Å²) in [6, 6.07) is 9.84. The van der Waals surface area contributed by atoms with Crippen LogP contribution in [0.5, 0.6) is 0 Å². The van der Waals surface area contributed by atoms with Crippen LogP contribution in [0.2, 0.25) is 10.0 Å². The van der Waals surface area contributed by atoms with E-state index in [1.807, 2.05) is 0 Å². The zero-order chi connectivity index (χ0) is 23.7. The fourth-order valence-corrected chi connectivity index (χ4v) is 3.72. The summed E-state index contributed by atoms with van der Waals surface area (Å²) < 4.78 is 0. The van der Waals surface area contributed by atoms with Crippen LogP contribution in [0.25, 0.3) is 0 Å². The summed E-state index contributed by atoms with van der Waals surface area (Å²) in [4.78, 5) is 54.8. The van der Waals surface area contributed by atoms with Gasteiger partial charge in [-0.3, -0.25) is 29.5 Å². The van der Waals surface area contributed by atoms with E-state index in [2.05, 4.69) is 25.9 Å². The van der Waals surface area contributed by atoms with Crippen LogP contribution in [-0.4, -0.2) is 26.7 Å². The third kappa shape index (κ3) is 4.78. The Labute approximate surface area is 195 Å². The lowest BCUT2D eigenvalue weighted by atomic mass is 9.92. The smallest absolute Gasteiger partial charge is 0.269 e. The molecule has 2 heterocycles. The van der Waals surface area contributed by atoms with Gasteiger partial charge < -0.3 is 16.0 Å². The number of nitrogens with one attached hydrogen (secondary N) is 4. The number of nitrogens with zero attached hydrogens (tertiary/aromatic N) is 2. The number of H-pyrrole nitrogens is 1. The maximum Gasteiger partial charge on any atom is 0.269 e. The first-order valence-corrected chi connectivity index (χ1v) is 10.2. The van der Waals surface area contributed by atoms with Gasteiger partial charge in [-0.15, -0.1) is 0 Å². The number of rotatable bonds is 5. The van der Waals surface area contributed by atoms with Crippen molar-refractivity contribution in [2.24, 2.45) is 0 Å². The highest BCUT2D eigenvalue weighted by Crippen LogP contribution is 2.31. The molecule has 11 nitrogen and oxygen atoms in total. The quantitative estimate of drug-likeness (QED) is 0.313. The molecule has 0 fully saturated rings. The lowest BCUT2D eigenvalue weighted by Gasteiger charge is -2.23. The predicted molar refractivity (Wildman–Crippen MR) is 122 cm³/mol. The minimum absolute atomic E-state index is 0.000278. The average Bonchev–Trinajstić information content (AvgIpc) is 2.75.